The molecule has 4 nitrogen and oxygen atoms in total. The first kappa shape index (κ1) is 13.6. The van der Waals surface area contributed by atoms with Gasteiger partial charge in [0.2, 0.25) is 5.91 Å². The van der Waals surface area contributed by atoms with Crippen LogP contribution in [0.15, 0.2) is 30.3 Å². The lowest BCUT2D eigenvalue weighted by atomic mass is 9.69. The van der Waals surface area contributed by atoms with Crippen LogP contribution >= 0.6 is 0 Å². The van der Waals surface area contributed by atoms with Gasteiger partial charge < -0.3 is 14.9 Å². The van der Waals surface area contributed by atoms with Crippen molar-refractivity contribution in [2.24, 2.45) is 0 Å². The molecule has 2 atom stereocenters. The van der Waals surface area contributed by atoms with Crippen LogP contribution in [0.25, 0.3) is 0 Å². The number of carbonyl (C=O) groups is 1. The summed E-state index contributed by atoms with van der Waals surface area (Å²) in [7, 11) is 2.14. The Balaban J connectivity index is 1.90. The third kappa shape index (κ3) is 2.03. The van der Waals surface area contributed by atoms with Gasteiger partial charge in [0.05, 0.1) is 0 Å². The van der Waals surface area contributed by atoms with Gasteiger partial charge in [0.15, 0.2) is 0 Å². The van der Waals surface area contributed by atoms with Gasteiger partial charge in [-0.15, -0.1) is 0 Å². The molecule has 1 aromatic carbocycles. The van der Waals surface area contributed by atoms with E-state index >= 15 is 0 Å². The average Bonchev–Trinajstić information content (AvgIpc) is 2.85. The number of rotatable bonds is 2. The summed E-state index contributed by atoms with van der Waals surface area (Å²) in [5.74, 6) is -0.146. The smallest absolute Gasteiger partial charge is 0.248 e. The Morgan fingerprint density at radius 3 is 2.70 bits per heavy atom. The first-order valence-electron chi connectivity index (χ1n) is 7.32. The number of aliphatic hydroxyl groups excluding tert-OH is 1. The summed E-state index contributed by atoms with van der Waals surface area (Å²) in [4.78, 5) is 15.9. The van der Waals surface area contributed by atoms with Crippen molar-refractivity contribution < 1.29 is 9.90 Å². The van der Waals surface area contributed by atoms with Crippen LogP contribution in [-0.4, -0.2) is 60.1 Å². The standard InChI is InChI=1S/C16H22N2O2/c1-17-9-7-16(13-5-3-2-4-6-13)8-10-18(11-14(16)17)15(20)12-19/h2-6,14,19H,7-12H2,1H3/t14-,16+/m0/s1. The third-order valence-electron chi connectivity index (χ3n) is 5.14. The molecule has 20 heavy (non-hydrogen) atoms. The first-order chi connectivity index (χ1) is 9.67. The highest BCUT2D eigenvalue weighted by Gasteiger charge is 2.50. The summed E-state index contributed by atoms with van der Waals surface area (Å²) in [6.45, 7) is 2.17. The highest BCUT2D eigenvalue weighted by molar-refractivity contribution is 5.77. The Morgan fingerprint density at radius 1 is 1.30 bits per heavy atom. The molecule has 0 saturated carbocycles. The van der Waals surface area contributed by atoms with Gasteiger partial charge in [-0.25, -0.2) is 0 Å². The molecule has 0 unspecified atom stereocenters. The van der Waals surface area contributed by atoms with Crippen molar-refractivity contribution in [3.8, 4) is 0 Å². The molecular formula is C16H22N2O2. The Hall–Kier alpha value is -1.39. The molecule has 1 aromatic rings. The lowest BCUT2D eigenvalue weighted by molar-refractivity contribution is -0.136. The van der Waals surface area contributed by atoms with Gasteiger partial charge in [0, 0.05) is 24.5 Å². The van der Waals surface area contributed by atoms with Crippen molar-refractivity contribution in [3.05, 3.63) is 35.9 Å². The second-order valence-corrected chi connectivity index (χ2v) is 6.02. The quantitative estimate of drug-likeness (QED) is 0.869. The number of benzene rings is 1. The van der Waals surface area contributed by atoms with E-state index in [2.05, 4.69) is 42.3 Å². The van der Waals surface area contributed by atoms with Crippen molar-refractivity contribution in [2.75, 3.05) is 33.3 Å². The maximum atomic E-state index is 11.8. The van der Waals surface area contributed by atoms with Gasteiger partial charge in [-0.05, 0) is 32.0 Å². The normalized spacial score (nSPS) is 30.3. The van der Waals surface area contributed by atoms with Crippen molar-refractivity contribution >= 4 is 5.91 Å². The Morgan fingerprint density at radius 2 is 2.00 bits per heavy atom. The number of piperidine rings is 1. The molecular weight excluding hydrogens is 252 g/mol. The fourth-order valence-electron chi connectivity index (χ4n) is 3.94. The molecule has 2 saturated heterocycles. The first-order valence-corrected chi connectivity index (χ1v) is 7.32. The third-order valence-corrected chi connectivity index (χ3v) is 5.14. The lowest BCUT2D eigenvalue weighted by Crippen LogP contribution is -2.56. The van der Waals surface area contributed by atoms with Gasteiger partial charge >= 0.3 is 0 Å². The second kappa shape index (κ2) is 5.19. The summed E-state index contributed by atoms with van der Waals surface area (Å²) < 4.78 is 0. The molecule has 0 bridgehead atoms. The van der Waals surface area contributed by atoms with E-state index in [0.29, 0.717) is 6.04 Å². The van der Waals surface area contributed by atoms with Crippen LogP contribution in [-0.2, 0) is 10.2 Å². The van der Waals surface area contributed by atoms with Gasteiger partial charge in [0.1, 0.15) is 6.61 Å². The van der Waals surface area contributed by atoms with Crippen molar-refractivity contribution in [1.82, 2.24) is 9.80 Å². The van der Waals surface area contributed by atoms with E-state index in [9.17, 15) is 4.79 Å². The zero-order valence-electron chi connectivity index (χ0n) is 12.0. The summed E-state index contributed by atoms with van der Waals surface area (Å²) in [5, 5.41) is 9.07. The number of fused-ring (bicyclic) bond motifs is 1. The highest BCUT2D eigenvalue weighted by atomic mass is 16.3. The number of aliphatic hydroxyl groups is 1. The number of carbonyl (C=O) groups excluding carboxylic acids is 1. The van der Waals surface area contributed by atoms with E-state index < -0.39 is 0 Å². The van der Waals surface area contributed by atoms with E-state index in [1.54, 1.807) is 0 Å². The zero-order chi connectivity index (χ0) is 14.2. The maximum absolute atomic E-state index is 11.8. The van der Waals surface area contributed by atoms with Crippen LogP contribution in [0.3, 0.4) is 0 Å². The number of hydrogen-bond donors (Lipinski definition) is 1. The molecule has 1 amide bonds. The molecule has 1 N–H and O–H groups in total. The van der Waals surface area contributed by atoms with Crippen LogP contribution < -0.4 is 0 Å². The van der Waals surface area contributed by atoms with E-state index in [4.69, 9.17) is 5.11 Å². The molecule has 4 heteroatoms. The minimum atomic E-state index is -0.380. The summed E-state index contributed by atoms with van der Waals surface area (Å²) in [6.07, 6.45) is 2.14. The molecule has 2 fully saturated rings. The molecule has 2 aliphatic heterocycles. The Kier molecular flexibility index (Phi) is 3.52. The van der Waals surface area contributed by atoms with Crippen LogP contribution in [0.5, 0.6) is 0 Å². The van der Waals surface area contributed by atoms with Crippen molar-refractivity contribution in [2.45, 2.75) is 24.3 Å². The second-order valence-electron chi connectivity index (χ2n) is 6.02. The molecule has 108 valence electrons. The average molecular weight is 274 g/mol. The highest BCUT2D eigenvalue weighted by Crippen LogP contribution is 2.45. The van der Waals surface area contributed by atoms with E-state index in [-0.39, 0.29) is 17.9 Å². The Labute approximate surface area is 120 Å². The fourth-order valence-corrected chi connectivity index (χ4v) is 3.94. The number of hydrogen-bond acceptors (Lipinski definition) is 3. The molecule has 0 aliphatic carbocycles. The van der Waals surface area contributed by atoms with Crippen molar-refractivity contribution in [1.29, 1.82) is 0 Å². The van der Waals surface area contributed by atoms with Gasteiger partial charge in [-0.1, -0.05) is 30.3 Å². The zero-order valence-corrected chi connectivity index (χ0v) is 12.0. The molecule has 0 spiro atoms. The van der Waals surface area contributed by atoms with E-state index in [0.717, 1.165) is 32.5 Å². The predicted molar refractivity (Wildman–Crippen MR) is 77.4 cm³/mol. The van der Waals surface area contributed by atoms with E-state index in [1.165, 1.54) is 5.56 Å². The SMILES string of the molecule is CN1CC[C@]2(c3ccccc3)CCN(C(=O)CO)C[C@H]12. The minimum Gasteiger partial charge on any atom is -0.387 e. The fraction of sp³-hybridized carbons (Fsp3) is 0.562. The van der Waals surface area contributed by atoms with E-state index in [1.807, 2.05) is 4.90 Å². The van der Waals surface area contributed by atoms with Crippen LogP contribution in [0.4, 0.5) is 0 Å². The minimum absolute atomic E-state index is 0.146. The molecule has 0 radical (unpaired) electrons. The molecule has 3 rings (SSSR count). The predicted octanol–water partition coefficient (Wildman–Crippen LogP) is 0.853. The summed E-state index contributed by atoms with van der Waals surface area (Å²) >= 11 is 0. The maximum Gasteiger partial charge on any atom is 0.248 e. The molecule has 2 heterocycles. The summed E-state index contributed by atoms with van der Waals surface area (Å²) in [6, 6.07) is 11.0. The topological polar surface area (TPSA) is 43.8 Å². The molecule has 2 aliphatic rings. The van der Waals surface area contributed by atoms with Gasteiger partial charge in [0.25, 0.3) is 0 Å². The summed E-state index contributed by atoms with van der Waals surface area (Å²) in [5.41, 5.74) is 1.56. The van der Waals surface area contributed by atoms with Gasteiger partial charge in [-0.3, -0.25) is 4.79 Å². The number of nitrogens with zero attached hydrogens (tertiary/aromatic N) is 2. The number of likely N-dealkylation sites (tertiary alicyclic amines) is 2. The monoisotopic (exact) mass is 274 g/mol. The van der Waals surface area contributed by atoms with Crippen LogP contribution in [0, 0.1) is 0 Å². The number of amides is 1. The largest absolute Gasteiger partial charge is 0.387 e. The van der Waals surface area contributed by atoms with Gasteiger partial charge in [-0.2, -0.15) is 0 Å². The van der Waals surface area contributed by atoms with Crippen LogP contribution in [0.2, 0.25) is 0 Å². The van der Waals surface area contributed by atoms with Crippen molar-refractivity contribution in [3.63, 3.8) is 0 Å². The number of likely N-dealkylation sites (N-methyl/N-ethyl adjacent to an activating group) is 1. The lowest BCUT2D eigenvalue weighted by Gasteiger charge is -2.46. The Bertz CT molecular complexity index is 491. The molecule has 0 aromatic heterocycles. The van der Waals surface area contributed by atoms with Crippen LogP contribution in [0.1, 0.15) is 18.4 Å².